The predicted octanol–water partition coefficient (Wildman–Crippen LogP) is 1.52. The largest absolute Gasteiger partial charge is 0.481 e. The summed E-state index contributed by atoms with van der Waals surface area (Å²) in [6.07, 6.45) is 4.01. The number of carboxylic acid groups (broad SMARTS) is 1. The minimum absolute atomic E-state index is 0.0719. The molecular weight excluding hydrogens is 234 g/mol. The van der Waals surface area contributed by atoms with E-state index in [-0.39, 0.29) is 19.1 Å². The van der Waals surface area contributed by atoms with Gasteiger partial charge in [0, 0.05) is 26.6 Å². The van der Waals surface area contributed by atoms with Gasteiger partial charge in [-0.15, -0.1) is 0 Å². The van der Waals surface area contributed by atoms with E-state index in [0.29, 0.717) is 19.4 Å². The first-order valence-electron chi connectivity index (χ1n) is 6.56. The van der Waals surface area contributed by atoms with Crippen LogP contribution in [0, 0.1) is 5.41 Å². The van der Waals surface area contributed by atoms with Gasteiger partial charge in [0.2, 0.25) is 5.91 Å². The molecule has 1 atom stereocenters. The van der Waals surface area contributed by atoms with Crippen molar-refractivity contribution in [2.45, 2.75) is 39.0 Å². The highest BCUT2D eigenvalue weighted by Gasteiger charge is 2.46. The van der Waals surface area contributed by atoms with Crippen molar-refractivity contribution in [2.75, 3.05) is 26.8 Å². The Morgan fingerprint density at radius 2 is 2.11 bits per heavy atom. The van der Waals surface area contributed by atoms with Crippen LogP contribution in [-0.4, -0.2) is 48.7 Å². The van der Waals surface area contributed by atoms with Gasteiger partial charge in [-0.3, -0.25) is 9.59 Å². The Labute approximate surface area is 108 Å². The highest BCUT2D eigenvalue weighted by molar-refractivity contribution is 5.80. The summed E-state index contributed by atoms with van der Waals surface area (Å²) in [5.74, 6) is -0.795. The summed E-state index contributed by atoms with van der Waals surface area (Å²) >= 11 is 0. The molecule has 104 valence electrons. The second kappa shape index (κ2) is 6.73. The molecule has 0 spiro atoms. The van der Waals surface area contributed by atoms with Gasteiger partial charge in [-0.05, 0) is 12.8 Å². The van der Waals surface area contributed by atoms with Crippen LogP contribution in [0.1, 0.15) is 39.0 Å². The first-order valence-corrected chi connectivity index (χ1v) is 6.56. The summed E-state index contributed by atoms with van der Waals surface area (Å²) < 4.78 is 5.00. The molecule has 5 nitrogen and oxygen atoms in total. The number of methoxy groups -OCH3 is 1. The van der Waals surface area contributed by atoms with Crippen LogP contribution in [0.25, 0.3) is 0 Å². The average molecular weight is 257 g/mol. The summed E-state index contributed by atoms with van der Waals surface area (Å²) in [6.45, 7) is 3.07. The monoisotopic (exact) mass is 257 g/mol. The van der Waals surface area contributed by atoms with Crippen molar-refractivity contribution in [3.8, 4) is 0 Å². The van der Waals surface area contributed by atoms with Crippen molar-refractivity contribution in [3.63, 3.8) is 0 Å². The lowest BCUT2D eigenvalue weighted by atomic mass is 9.88. The van der Waals surface area contributed by atoms with Crippen LogP contribution in [0.2, 0.25) is 0 Å². The molecule has 0 aliphatic carbocycles. The molecule has 1 amide bonds. The molecule has 0 radical (unpaired) electrons. The van der Waals surface area contributed by atoms with Crippen LogP contribution in [0.4, 0.5) is 0 Å². The first kappa shape index (κ1) is 15.0. The fraction of sp³-hybridized carbons (Fsp3) is 0.846. The van der Waals surface area contributed by atoms with Crippen LogP contribution >= 0.6 is 0 Å². The number of amides is 1. The van der Waals surface area contributed by atoms with E-state index in [0.717, 1.165) is 19.3 Å². The standard InChI is InChI=1S/C13H23NO4/c1-3-4-5-6-11(15)14-8-7-13(9-14,10-18-2)12(16)17/h3-10H2,1-2H3,(H,16,17). The number of nitrogens with zero attached hydrogens (tertiary/aromatic N) is 1. The second-order valence-corrected chi connectivity index (χ2v) is 5.04. The molecule has 5 heteroatoms. The number of unbranched alkanes of at least 4 members (excludes halogenated alkanes) is 2. The normalized spacial score (nSPS) is 23.3. The number of rotatable bonds is 7. The number of likely N-dealkylation sites (tertiary alicyclic amines) is 1. The number of carbonyl (C=O) groups is 2. The highest BCUT2D eigenvalue weighted by Crippen LogP contribution is 2.31. The summed E-state index contributed by atoms with van der Waals surface area (Å²) in [5, 5.41) is 9.29. The van der Waals surface area contributed by atoms with Crippen LogP contribution < -0.4 is 0 Å². The maximum absolute atomic E-state index is 11.9. The molecule has 0 aromatic carbocycles. The number of carbonyl (C=O) groups excluding carboxylic acids is 1. The molecule has 1 heterocycles. The van der Waals surface area contributed by atoms with Gasteiger partial charge in [-0.25, -0.2) is 0 Å². The third kappa shape index (κ3) is 3.45. The van der Waals surface area contributed by atoms with Crippen LogP contribution in [0.15, 0.2) is 0 Å². The van der Waals surface area contributed by atoms with Crippen molar-refractivity contribution >= 4 is 11.9 Å². The lowest BCUT2D eigenvalue weighted by Crippen LogP contribution is -2.40. The molecule has 1 rings (SSSR count). The van der Waals surface area contributed by atoms with E-state index in [9.17, 15) is 14.7 Å². The van der Waals surface area contributed by atoms with Gasteiger partial charge in [0.05, 0.1) is 6.61 Å². The van der Waals surface area contributed by atoms with Crippen LogP contribution in [0.3, 0.4) is 0 Å². The Kier molecular flexibility index (Phi) is 5.59. The molecule has 0 saturated carbocycles. The Balaban J connectivity index is 2.52. The lowest BCUT2D eigenvalue weighted by molar-refractivity contribution is -0.151. The fourth-order valence-electron chi connectivity index (χ4n) is 2.40. The number of hydrogen-bond donors (Lipinski definition) is 1. The van der Waals surface area contributed by atoms with Crippen molar-refractivity contribution in [2.24, 2.45) is 5.41 Å². The molecular formula is C13H23NO4. The van der Waals surface area contributed by atoms with E-state index in [1.54, 1.807) is 4.90 Å². The zero-order valence-electron chi connectivity index (χ0n) is 11.3. The third-order valence-electron chi connectivity index (χ3n) is 3.58. The highest BCUT2D eigenvalue weighted by atomic mass is 16.5. The van der Waals surface area contributed by atoms with Gasteiger partial charge in [-0.1, -0.05) is 19.8 Å². The van der Waals surface area contributed by atoms with Crippen molar-refractivity contribution in [3.05, 3.63) is 0 Å². The molecule has 1 saturated heterocycles. The Bertz CT molecular complexity index is 305. The van der Waals surface area contributed by atoms with Crippen LogP contribution in [0.5, 0.6) is 0 Å². The number of hydrogen-bond acceptors (Lipinski definition) is 3. The van der Waals surface area contributed by atoms with Gasteiger partial charge in [0.25, 0.3) is 0 Å². The molecule has 18 heavy (non-hydrogen) atoms. The van der Waals surface area contributed by atoms with Crippen molar-refractivity contribution in [1.82, 2.24) is 4.90 Å². The molecule has 1 aliphatic heterocycles. The smallest absolute Gasteiger partial charge is 0.313 e. The van der Waals surface area contributed by atoms with Crippen LogP contribution in [-0.2, 0) is 14.3 Å². The first-order chi connectivity index (χ1) is 8.55. The third-order valence-corrected chi connectivity index (χ3v) is 3.58. The molecule has 1 N–H and O–H groups in total. The zero-order valence-corrected chi connectivity index (χ0v) is 11.3. The number of aliphatic carboxylic acids is 1. The van der Waals surface area contributed by atoms with E-state index in [1.807, 2.05) is 0 Å². The predicted molar refractivity (Wildman–Crippen MR) is 67.3 cm³/mol. The molecule has 0 aromatic rings. The van der Waals surface area contributed by atoms with Crippen molar-refractivity contribution < 1.29 is 19.4 Å². The van der Waals surface area contributed by atoms with Gasteiger partial charge in [0.1, 0.15) is 5.41 Å². The quantitative estimate of drug-likeness (QED) is 0.702. The Morgan fingerprint density at radius 3 is 2.67 bits per heavy atom. The van der Waals surface area contributed by atoms with Gasteiger partial charge >= 0.3 is 5.97 Å². The summed E-state index contributed by atoms with van der Waals surface area (Å²) in [6, 6.07) is 0. The summed E-state index contributed by atoms with van der Waals surface area (Å²) in [5.41, 5.74) is -0.908. The van der Waals surface area contributed by atoms with E-state index in [2.05, 4.69) is 6.92 Å². The van der Waals surface area contributed by atoms with Crippen molar-refractivity contribution in [1.29, 1.82) is 0 Å². The Hall–Kier alpha value is -1.10. The van der Waals surface area contributed by atoms with Gasteiger partial charge in [-0.2, -0.15) is 0 Å². The summed E-state index contributed by atoms with van der Waals surface area (Å²) in [4.78, 5) is 24.9. The maximum Gasteiger partial charge on any atom is 0.313 e. The zero-order chi connectivity index (χ0) is 13.6. The second-order valence-electron chi connectivity index (χ2n) is 5.04. The fourth-order valence-corrected chi connectivity index (χ4v) is 2.40. The van der Waals surface area contributed by atoms with E-state index < -0.39 is 11.4 Å². The molecule has 0 bridgehead atoms. The van der Waals surface area contributed by atoms with Gasteiger partial charge in [0.15, 0.2) is 0 Å². The molecule has 1 aliphatic rings. The minimum Gasteiger partial charge on any atom is -0.481 e. The van der Waals surface area contributed by atoms with E-state index in [4.69, 9.17) is 4.74 Å². The molecule has 1 fully saturated rings. The average Bonchev–Trinajstić information content (AvgIpc) is 2.75. The molecule has 0 aromatic heterocycles. The van der Waals surface area contributed by atoms with E-state index in [1.165, 1.54) is 7.11 Å². The number of ether oxygens (including phenoxy) is 1. The topological polar surface area (TPSA) is 66.8 Å². The van der Waals surface area contributed by atoms with Gasteiger partial charge < -0.3 is 14.7 Å². The van der Waals surface area contributed by atoms with E-state index >= 15 is 0 Å². The summed E-state index contributed by atoms with van der Waals surface area (Å²) in [7, 11) is 1.50. The minimum atomic E-state index is -0.908. The SMILES string of the molecule is CCCCCC(=O)N1CCC(COC)(C(=O)O)C1. The lowest BCUT2D eigenvalue weighted by Gasteiger charge is -2.23. The number of carboxylic acids is 1. The maximum atomic E-state index is 11.9. The molecule has 1 unspecified atom stereocenters. The Morgan fingerprint density at radius 1 is 1.39 bits per heavy atom.